The molecule has 1 aliphatic rings. The summed E-state index contributed by atoms with van der Waals surface area (Å²) in [7, 11) is 0. The summed E-state index contributed by atoms with van der Waals surface area (Å²) in [5.74, 6) is 2.01. The molecule has 31 heavy (non-hydrogen) atoms. The number of benzene rings is 1. The van der Waals surface area contributed by atoms with Gasteiger partial charge in [-0.1, -0.05) is 44.7 Å². The van der Waals surface area contributed by atoms with Gasteiger partial charge in [0.25, 0.3) is 0 Å². The van der Waals surface area contributed by atoms with Crippen LogP contribution in [0.5, 0.6) is 0 Å². The van der Waals surface area contributed by atoms with Gasteiger partial charge in [-0.15, -0.1) is 0 Å². The van der Waals surface area contributed by atoms with Crippen molar-refractivity contribution in [3.05, 3.63) is 71.5 Å². The van der Waals surface area contributed by atoms with Crippen LogP contribution in [0, 0.1) is 11.7 Å². The standard InChI is InChI=1S/C26H34FN3O/c1-8-22(23-12-10-11-13-24(23)27)26(20(6)28-9-2)21(7)29-14-15-30(19(5)16-29)25(17-31)18(3)4/h8-13,18-19H,2,14-16H2,1,3-7H3/b22-8-,26-21-,28-20?. The molecule has 0 saturated carbocycles. The molecule has 1 atom stereocenters. The number of hydrogen-bond donors (Lipinski definition) is 0. The Labute approximate surface area is 186 Å². The Morgan fingerprint density at radius 1 is 1.29 bits per heavy atom. The molecule has 4 nitrogen and oxygen atoms in total. The highest BCUT2D eigenvalue weighted by atomic mass is 19.1. The van der Waals surface area contributed by atoms with E-state index in [4.69, 9.17) is 0 Å². The molecule has 1 aromatic carbocycles. The van der Waals surface area contributed by atoms with Crippen LogP contribution >= 0.6 is 0 Å². The number of aliphatic imine (C=N–C) groups is 1. The minimum Gasteiger partial charge on any atom is -0.371 e. The third kappa shape index (κ3) is 5.42. The van der Waals surface area contributed by atoms with E-state index in [0.717, 1.165) is 47.9 Å². The zero-order valence-electron chi connectivity index (χ0n) is 19.6. The Morgan fingerprint density at radius 2 is 1.97 bits per heavy atom. The summed E-state index contributed by atoms with van der Waals surface area (Å²) in [6, 6.07) is 6.97. The molecule has 1 aliphatic heterocycles. The van der Waals surface area contributed by atoms with Gasteiger partial charge in [0.1, 0.15) is 17.5 Å². The fourth-order valence-electron chi connectivity index (χ4n) is 4.25. The first-order valence-electron chi connectivity index (χ1n) is 10.8. The normalized spacial score (nSPS) is 18.6. The van der Waals surface area contributed by atoms with Gasteiger partial charge in [0.2, 0.25) is 0 Å². The third-order valence-corrected chi connectivity index (χ3v) is 5.79. The van der Waals surface area contributed by atoms with Crippen molar-refractivity contribution in [1.29, 1.82) is 0 Å². The fraction of sp³-hybridized carbons (Fsp3) is 0.423. The smallest absolute Gasteiger partial charge is 0.146 e. The van der Waals surface area contributed by atoms with Gasteiger partial charge in [0.05, 0.1) is 0 Å². The quantitative estimate of drug-likeness (QED) is 0.331. The predicted octanol–water partition coefficient (Wildman–Crippen LogP) is 5.49. The molecule has 0 spiro atoms. The van der Waals surface area contributed by atoms with Gasteiger partial charge in [-0.25, -0.2) is 9.18 Å². The molecule has 0 aromatic heterocycles. The molecular formula is C26H34FN3O. The number of rotatable bonds is 7. The Kier molecular flexibility index (Phi) is 8.58. The second-order valence-corrected chi connectivity index (χ2v) is 8.17. The van der Waals surface area contributed by atoms with Gasteiger partial charge >= 0.3 is 0 Å². The van der Waals surface area contributed by atoms with Crippen molar-refractivity contribution in [2.24, 2.45) is 10.9 Å². The molecule has 1 unspecified atom stereocenters. The largest absolute Gasteiger partial charge is 0.371 e. The van der Waals surface area contributed by atoms with E-state index >= 15 is 0 Å². The third-order valence-electron chi connectivity index (χ3n) is 5.79. The van der Waals surface area contributed by atoms with Crippen molar-refractivity contribution >= 4 is 17.2 Å². The second-order valence-electron chi connectivity index (χ2n) is 8.17. The van der Waals surface area contributed by atoms with Crippen LogP contribution < -0.4 is 0 Å². The first-order chi connectivity index (χ1) is 14.8. The zero-order valence-corrected chi connectivity index (χ0v) is 19.6. The summed E-state index contributed by atoms with van der Waals surface area (Å²) < 4.78 is 14.7. The Balaban J connectivity index is 2.50. The molecule has 1 fully saturated rings. The number of piperazine rings is 1. The summed E-state index contributed by atoms with van der Waals surface area (Å²) in [5.41, 5.74) is 4.81. The minimum atomic E-state index is -0.261. The van der Waals surface area contributed by atoms with Crippen LogP contribution in [0.15, 0.2) is 65.1 Å². The average Bonchev–Trinajstić information content (AvgIpc) is 2.73. The first-order valence-corrected chi connectivity index (χ1v) is 10.8. The highest BCUT2D eigenvalue weighted by Crippen LogP contribution is 2.31. The Hall–Kier alpha value is -2.91. The van der Waals surface area contributed by atoms with Crippen molar-refractivity contribution in [2.75, 3.05) is 19.6 Å². The maximum Gasteiger partial charge on any atom is 0.146 e. The summed E-state index contributed by atoms with van der Waals surface area (Å²) in [5, 5.41) is 0. The van der Waals surface area contributed by atoms with Crippen LogP contribution in [0.4, 0.5) is 4.39 Å². The number of nitrogens with zero attached hydrogens (tertiary/aromatic N) is 3. The molecular weight excluding hydrogens is 389 g/mol. The van der Waals surface area contributed by atoms with Crippen molar-refractivity contribution in [1.82, 2.24) is 9.80 Å². The number of allylic oxidation sites excluding steroid dienone is 5. The van der Waals surface area contributed by atoms with E-state index in [2.05, 4.69) is 41.2 Å². The van der Waals surface area contributed by atoms with E-state index in [1.165, 1.54) is 12.3 Å². The first kappa shape index (κ1) is 24.4. The van der Waals surface area contributed by atoms with Gasteiger partial charge in [0.15, 0.2) is 0 Å². The number of hydrogen-bond acceptors (Lipinski definition) is 4. The van der Waals surface area contributed by atoms with Crippen LogP contribution in [0.1, 0.15) is 47.1 Å². The molecule has 0 radical (unpaired) electrons. The van der Waals surface area contributed by atoms with Crippen molar-refractivity contribution in [3.63, 3.8) is 0 Å². The molecule has 0 bridgehead atoms. The Bertz CT molecular complexity index is 951. The van der Waals surface area contributed by atoms with E-state index < -0.39 is 0 Å². The molecule has 0 aliphatic carbocycles. The molecule has 2 rings (SSSR count). The molecule has 166 valence electrons. The molecule has 0 N–H and O–H groups in total. The van der Waals surface area contributed by atoms with Crippen LogP contribution in [0.3, 0.4) is 0 Å². The molecule has 0 amide bonds. The molecule has 5 heteroatoms. The van der Waals surface area contributed by atoms with E-state index in [0.29, 0.717) is 5.56 Å². The van der Waals surface area contributed by atoms with Crippen molar-refractivity contribution in [3.8, 4) is 0 Å². The summed E-state index contributed by atoms with van der Waals surface area (Å²) >= 11 is 0. The van der Waals surface area contributed by atoms with Gasteiger partial charge in [-0.3, -0.25) is 4.99 Å². The lowest BCUT2D eigenvalue weighted by molar-refractivity contribution is 0.128. The zero-order chi connectivity index (χ0) is 23.1. The number of carbonyl (C=O) groups excluding carboxylic acids is 1. The van der Waals surface area contributed by atoms with Gasteiger partial charge in [0, 0.05) is 60.3 Å². The van der Waals surface area contributed by atoms with Crippen molar-refractivity contribution in [2.45, 2.75) is 47.6 Å². The van der Waals surface area contributed by atoms with Crippen LogP contribution in [-0.2, 0) is 4.79 Å². The minimum absolute atomic E-state index is 0.136. The number of halogens is 1. The average molecular weight is 424 g/mol. The highest BCUT2D eigenvalue weighted by molar-refractivity contribution is 6.12. The van der Waals surface area contributed by atoms with Crippen LogP contribution in [0.25, 0.3) is 5.57 Å². The van der Waals surface area contributed by atoms with E-state index in [1.807, 2.05) is 39.8 Å². The predicted molar refractivity (Wildman–Crippen MR) is 128 cm³/mol. The van der Waals surface area contributed by atoms with Crippen molar-refractivity contribution < 1.29 is 9.18 Å². The molecule has 1 heterocycles. The molecule has 1 saturated heterocycles. The summed E-state index contributed by atoms with van der Waals surface area (Å²) in [6.07, 6.45) is 3.45. The van der Waals surface area contributed by atoms with E-state index in [9.17, 15) is 9.18 Å². The lowest BCUT2D eigenvalue weighted by atomic mass is 9.92. The monoisotopic (exact) mass is 423 g/mol. The topological polar surface area (TPSA) is 35.9 Å². The van der Waals surface area contributed by atoms with Gasteiger partial charge in [-0.05, 0) is 39.3 Å². The van der Waals surface area contributed by atoms with Gasteiger partial charge in [-0.2, -0.15) is 0 Å². The van der Waals surface area contributed by atoms with E-state index in [1.54, 1.807) is 12.1 Å². The van der Waals surface area contributed by atoms with Crippen LogP contribution in [-0.4, -0.2) is 47.1 Å². The van der Waals surface area contributed by atoms with Crippen LogP contribution in [0.2, 0.25) is 0 Å². The lowest BCUT2D eigenvalue weighted by Crippen LogP contribution is -2.51. The lowest BCUT2D eigenvalue weighted by Gasteiger charge is -2.44. The molecule has 1 aromatic rings. The fourth-order valence-corrected chi connectivity index (χ4v) is 4.25. The summed E-state index contributed by atoms with van der Waals surface area (Å²) in [4.78, 5) is 20.4. The van der Waals surface area contributed by atoms with Gasteiger partial charge < -0.3 is 9.80 Å². The highest BCUT2D eigenvalue weighted by Gasteiger charge is 2.29. The maximum absolute atomic E-state index is 14.7. The summed E-state index contributed by atoms with van der Waals surface area (Å²) in [6.45, 7) is 18.0. The van der Waals surface area contributed by atoms with E-state index in [-0.39, 0.29) is 17.8 Å². The second kappa shape index (κ2) is 10.9. The SMILES string of the molecule is C=CN=C(C)C(/C(=C\C)c1ccccc1F)=C(\C)N1CCN(C(=C=O)C(C)C)C(C)C1. The Morgan fingerprint density at radius 3 is 2.48 bits per heavy atom. The maximum atomic E-state index is 14.7.